The zero-order valence-corrected chi connectivity index (χ0v) is 7.71. The Balaban J connectivity index is 4.07. The summed E-state index contributed by atoms with van der Waals surface area (Å²) in [7, 11) is 0. The predicted octanol–water partition coefficient (Wildman–Crippen LogP) is -0.605. The summed E-state index contributed by atoms with van der Waals surface area (Å²) in [6.07, 6.45) is 0. The number of nitrogens with two attached hydrogens (primary N) is 1. The molecule has 0 spiro atoms. The fourth-order valence-electron chi connectivity index (χ4n) is 0.467. The van der Waals surface area contributed by atoms with E-state index in [2.05, 4.69) is 15.6 Å². The van der Waals surface area contributed by atoms with Crippen LogP contribution in [0, 0.1) is 5.92 Å². The first-order valence-corrected chi connectivity index (χ1v) is 3.81. The predicted molar refractivity (Wildman–Crippen MR) is 41.2 cm³/mol. The molecular formula is C6H11NO2Se. The van der Waals surface area contributed by atoms with Gasteiger partial charge in [0.15, 0.2) is 0 Å². The van der Waals surface area contributed by atoms with Crippen LogP contribution in [-0.4, -0.2) is 37.1 Å². The molecule has 0 amide bonds. The fraction of sp³-hybridized carbons (Fsp3) is 0.667. The van der Waals surface area contributed by atoms with Crippen LogP contribution in [0.1, 0.15) is 13.8 Å². The van der Waals surface area contributed by atoms with Crippen molar-refractivity contribution in [1.82, 2.24) is 0 Å². The molecule has 0 fully saturated rings. The summed E-state index contributed by atoms with van der Waals surface area (Å²) >= 11 is 2.75. The third-order valence-electron chi connectivity index (χ3n) is 1.47. The molecule has 58 valence electrons. The third-order valence-corrected chi connectivity index (χ3v) is 2.25. The molecule has 0 rings (SSSR count). The molecule has 0 aliphatic carbocycles. The maximum atomic E-state index is 10.3. The standard InChI is InChI=1S/C6H11NO2Se/c1-3(4(2)10)5(7)6(8)9/h3,5H,7H2,1-2H3,(H,8,9)/t3-,5-/m0/s1. The topological polar surface area (TPSA) is 63.3 Å². The van der Waals surface area contributed by atoms with Crippen molar-refractivity contribution < 1.29 is 9.90 Å². The Labute approximate surface area is 68.0 Å². The molecule has 10 heavy (non-hydrogen) atoms. The van der Waals surface area contributed by atoms with Crippen molar-refractivity contribution in [1.29, 1.82) is 0 Å². The Kier molecular flexibility index (Phi) is 3.79. The van der Waals surface area contributed by atoms with Gasteiger partial charge in [0.25, 0.3) is 0 Å². The SMILES string of the molecule is CC(=[Se])[C@H](C)[C@H](N)C(=O)O. The molecular weight excluding hydrogens is 197 g/mol. The van der Waals surface area contributed by atoms with Crippen LogP contribution < -0.4 is 5.73 Å². The van der Waals surface area contributed by atoms with Crippen LogP contribution >= 0.6 is 0 Å². The molecule has 0 heterocycles. The van der Waals surface area contributed by atoms with Crippen molar-refractivity contribution in [2.75, 3.05) is 0 Å². The average Bonchev–Trinajstić information content (AvgIpc) is 1.84. The molecule has 0 bridgehead atoms. The third kappa shape index (κ3) is 2.60. The van der Waals surface area contributed by atoms with Crippen molar-refractivity contribution in [3.05, 3.63) is 0 Å². The van der Waals surface area contributed by atoms with Crippen molar-refractivity contribution in [3.8, 4) is 0 Å². The van der Waals surface area contributed by atoms with E-state index in [1.54, 1.807) is 6.92 Å². The molecule has 3 N–H and O–H groups in total. The van der Waals surface area contributed by atoms with E-state index >= 15 is 0 Å². The summed E-state index contributed by atoms with van der Waals surface area (Å²) in [6.45, 7) is 3.61. The van der Waals surface area contributed by atoms with Crippen LogP contribution in [0.2, 0.25) is 0 Å². The first-order valence-electron chi connectivity index (χ1n) is 2.95. The Morgan fingerprint density at radius 3 is 2.20 bits per heavy atom. The van der Waals surface area contributed by atoms with Crippen molar-refractivity contribution >= 4 is 26.0 Å². The van der Waals surface area contributed by atoms with Gasteiger partial charge in [0.1, 0.15) is 0 Å². The maximum absolute atomic E-state index is 10.3. The normalized spacial score (nSPS) is 15.9. The second-order valence-electron chi connectivity index (χ2n) is 2.26. The van der Waals surface area contributed by atoms with E-state index in [9.17, 15) is 4.79 Å². The molecule has 0 unspecified atom stereocenters. The molecule has 0 aromatic heterocycles. The molecule has 3 nitrogen and oxygen atoms in total. The van der Waals surface area contributed by atoms with Gasteiger partial charge in [-0.1, -0.05) is 0 Å². The Morgan fingerprint density at radius 1 is 1.70 bits per heavy atom. The van der Waals surface area contributed by atoms with Gasteiger partial charge in [-0.3, -0.25) is 0 Å². The number of aliphatic carboxylic acids is 1. The van der Waals surface area contributed by atoms with E-state index in [4.69, 9.17) is 10.8 Å². The van der Waals surface area contributed by atoms with Crippen LogP contribution in [0.4, 0.5) is 0 Å². The molecule has 0 radical (unpaired) electrons. The van der Waals surface area contributed by atoms with Gasteiger partial charge in [-0.2, -0.15) is 0 Å². The van der Waals surface area contributed by atoms with Crippen LogP contribution in [0.5, 0.6) is 0 Å². The minimum atomic E-state index is -0.956. The first kappa shape index (κ1) is 9.82. The van der Waals surface area contributed by atoms with Gasteiger partial charge >= 0.3 is 67.4 Å². The zero-order chi connectivity index (χ0) is 8.31. The number of carboxylic acid groups (broad SMARTS) is 1. The van der Waals surface area contributed by atoms with Gasteiger partial charge in [-0.05, 0) is 0 Å². The van der Waals surface area contributed by atoms with E-state index < -0.39 is 12.0 Å². The Hall–Kier alpha value is -0.181. The summed E-state index contributed by atoms with van der Waals surface area (Å²) in [6, 6.07) is -0.791. The molecule has 2 atom stereocenters. The summed E-state index contributed by atoms with van der Waals surface area (Å²) in [5.41, 5.74) is 5.32. The van der Waals surface area contributed by atoms with Gasteiger partial charge in [-0.25, -0.2) is 0 Å². The fourth-order valence-corrected chi connectivity index (χ4v) is 0.774. The molecule has 0 aromatic rings. The van der Waals surface area contributed by atoms with Crippen LogP contribution in [0.25, 0.3) is 0 Å². The van der Waals surface area contributed by atoms with Gasteiger partial charge in [-0.15, -0.1) is 0 Å². The van der Waals surface area contributed by atoms with Crippen molar-refractivity contribution in [3.63, 3.8) is 0 Å². The van der Waals surface area contributed by atoms with E-state index in [0.717, 1.165) is 4.42 Å². The van der Waals surface area contributed by atoms with E-state index in [1.807, 2.05) is 6.92 Å². The number of hydrogen-bond donors (Lipinski definition) is 2. The second-order valence-corrected chi connectivity index (χ2v) is 3.61. The first-order chi connectivity index (χ1) is 4.46. The minimum absolute atomic E-state index is 0.0995. The van der Waals surface area contributed by atoms with E-state index in [-0.39, 0.29) is 5.92 Å². The molecule has 0 saturated carbocycles. The van der Waals surface area contributed by atoms with E-state index in [1.165, 1.54) is 0 Å². The summed E-state index contributed by atoms with van der Waals surface area (Å²) in [4.78, 5) is 10.3. The van der Waals surface area contributed by atoms with Crippen LogP contribution in [0.3, 0.4) is 0 Å². The number of carboxylic acids is 1. The molecule has 0 aliphatic rings. The summed E-state index contributed by atoms with van der Waals surface area (Å²) in [5, 5.41) is 8.45. The Bertz CT molecular complexity index is 140. The molecule has 4 heteroatoms. The van der Waals surface area contributed by atoms with Crippen molar-refractivity contribution in [2.45, 2.75) is 19.9 Å². The van der Waals surface area contributed by atoms with Gasteiger partial charge in [0, 0.05) is 0 Å². The molecule has 0 aliphatic heterocycles. The van der Waals surface area contributed by atoms with Gasteiger partial charge in [0.2, 0.25) is 0 Å². The summed E-state index contributed by atoms with van der Waals surface area (Å²) in [5.74, 6) is -1.06. The number of carbonyl (C=O) groups is 1. The molecule has 0 aromatic carbocycles. The summed E-state index contributed by atoms with van der Waals surface area (Å²) < 4.78 is 0.926. The number of rotatable bonds is 3. The van der Waals surface area contributed by atoms with Gasteiger partial charge in [0.05, 0.1) is 0 Å². The van der Waals surface area contributed by atoms with Gasteiger partial charge < -0.3 is 0 Å². The van der Waals surface area contributed by atoms with Crippen molar-refractivity contribution in [2.24, 2.45) is 11.7 Å². The van der Waals surface area contributed by atoms with Crippen LogP contribution in [0.15, 0.2) is 0 Å². The zero-order valence-electron chi connectivity index (χ0n) is 6.00. The number of hydrogen-bond acceptors (Lipinski definition) is 2. The monoisotopic (exact) mass is 209 g/mol. The second kappa shape index (κ2) is 3.86. The van der Waals surface area contributed by atoms with E-state index in [0.29, 0.717) is 0 Å². The molecule has 0 saturated heterocycles. The van der Waals surface area contributed by atoms with Crippen LogP contribution in [-0.2, 0) is 4.79 Å². The average molecular weight is 208 g/mol. The quantitative estimate of drug-likeness (QED) is 0.608. The Morgan fingerprint density at radius 2 is 2.10 bits per heavy atom.